The van der Waals surface area contributed by atoms with Gasteiger partial charge in [-0.3, -0.25) is 0 Å². The van der Waals surface area contributed by atoms with Crippen LogP contribution in [0.2, 0.25) is 0 Å². The molecule has 1 aromatic rings. The molecule has 0 fully saturated rings. The molecule has 0 radical (unpaired) electrons. The molecule has 44 valence electrons. The monoisotopic (exact) mass is 174 g/mol. The zero-order chi connectivity index (χ0) is 5.11. The number of imidazole rings is 1. The van der Waals surface area contributed by atoms with E-state index >= 15 is 0 Å². The number of halogens is 1. The molecule has 8 heavy (non-hydrogen) atoms. The Bertz CT molecular complexity index is 145. The minimum atomic E-state index is 0. The van der Waals surface area contributed by atoms with Crippen LogP contribution in [0.1, 0.15) is 0 Å². The Morgan fingerprint density at radius 2 is 2.38 bits per heavy atom. The number of nitrogens with zero attached hydrogens (tertiary/aromatic N) is 2. The Morgan fingerprint density at radius 3 is 2.62 bits per heavy atom. The van der Waals surface area contributed by atoms with Gasteiger partial charge in [0.2, 0.25) is 0 Å². The van der Waals surface area contributed by atoms with E-state index in [1.165, 1.54) is 0 Å². The van der Waals surface area contributed by atoms with Crippen LogP contribution in [0.15, 0.2) is 25.3 Å². The van der Waals surface area contributed by atoms with E-state index < -0.39 is 0 Å². The molecule has 0 saturated heterocycles. The quantitative estimate of drug-likeness (QED) is 0.633. The Hall–Kier alpha value is -0.570. The van der Waals surface area contributed by atoms with Crippen LogP contribution in [0.4, 0.5) is 0 Å². The van der Waals surface area contributed by atoms with E-state index in [0.29, 0.717) is 0 Å². The standard InChI is InChI=1S/C5H6N2.BrH/c1-2-7-4-3-6-5-7;/h2-5H,1H2;1H. The van der Waals surface area contributed by atoms with Gasteiger partial charge < -0.3 is 4.57 Å². The highest BCUT2D eigenvalue weighted by Crippen LogP contribution is 1.81. The van der Waals surface area contributed by atoms with Crippen molar-refractivity contribution in [2.45, 2.75) is 0 Å². The molecule has 3 heteroatoms. The molecule has 0 saturated carbocycles. The fourth-order valence-corrected chi connectivity index (χ4v) is 0.377. The van der Waals surface area contributed by atoms with Crippen LogP contribution in [0.3, 0.4) is 0 Å². The molecule has 0 unspecified atom stereocenters. The second kappa shape index (κ2) is 3.43. The van der Waals surface area contributed by atoms with Crippen molar-refractivity contribution < 1.29 is 0 Å². The maximum atomic E-state index is 3.78. The molecule has 0 N–H and O–H groups in total. The first-order valence-electron chi connectivity index (χ1n) is 2.03. The van der Waals surface area contributed by atoms with Crippen molar-refractivity contribution in [1.29, 1.82) is 0 Å². The number of rotatable bonds is 1. The summed E-state index contributed by atoms with van der Waals surface area (Å²) in [5, 5.41) is 0. The van der Waals surface area contributed by atoms with Gasteiger partial charge in [0.25, 0.3) is 0 Å². The molecule has 0 spiro atoms. The molecule has 1 aromatic heterocycles. The molecule has 2 nitrogen and oxygen atoms in total. The summed E-state index contributed by atoms with van der Waals surface area (Å²) in [5.74, 6) is 0. The predicted octanol–water partition coefficient (Wildman–Crippen LogP) is 1.56. The van der Waals surface area contributed by atoms with Crippen molar-refractivity contribution in [2.24, 2.45) is 0 Å². The number of aromatic nitrogens is 2. The Morgan fingerprint density at radius 1 is 1.62 bits per heavy atom. The maximum Gasteiger partial charge on any atom is 0.0986 e. The van der Waals surface area contributed by atoms with Crippen molar-refractivity contribution in [1.82, 2.24) is 9.55 Å². The molecule has 0 bridgehead atoms. The lowest BCUT2D eigenvalue weighted by Gasteiger charge is -1.80. The zero-order valence-electron chi connectivity index (χ0n) is 4.32. The lowest BCUT2D eigenvalue weighted by atomic mass is 10.9. The van der Waals surface area contributed by atoms with Gasteiger partial charge >= 0.3 is 0 Å². The summed E-state index contributed by atoms with van der Waals surface area (Å²) in [6.07, 6.45) is 6.91. The van der Waals surface area contributed by atoms with Crippen molar-refractivity contribution in [2.75, 3.05) is 0 Å². The third-order valence-corrected chi connectivity index (χ3v) is 0.736. The molecule has 1 heterocycles. The SMILES string of the molecule is Br.C=Cn1ccnc1. The summed E-state index contributed by atoms with van der Waals surface area (Å²) < 4.78 is 1.78. The van der Waals surface area contributed by atoms with Crippen LogP contribution in [-0.4, -0.2) is 9.55 Å². The molecule has 0 aromatic carbocycles. The zero-order valence-corrected chi connectivity index (χ0v) is 6.03. The Labute approximate surface area is 58.6 Å². The van der Waals surface area contributed by atoms with Gasteiger partial charge in [-0.25, -0.2) is 4.98 Å². The van der Waals surface area contributed by atoms with Crippen molar-refractivity contribution in [3.63, 3.8) is 0 Å². The van der Waals surface area contributed by atoms with Gasteiger partial charge in [0, 0.05) is 18.6 Å². The summed E-state index contributed by atoms with van der Waals surface area (Å²) in [5.41, 5.74) is 0. The van der Waals surface area contributed by atoms with E-state index in [-0.39, 0.29) is 17.0 Å². The van der Waals surface area contributed by atoms with E-state index in [1.807, 2.05) is 6.20 Å². The minimum absolute atomic E-state index is 0. The van der Waals surface area contributed by atoms with E-state index in [2.05, 4.69) is 11.6 Å². The first-order chi connectivity index (χ1) is 3.43. The lowest BCUT2D eigenvalue weighted by Crippen LogP contribution is -1.73. The van der Waals surface area contributed by atoms with Crippen LogP contribution in [-0.2, 0) is 0 Å². The average molecular weight is 175 g/mol. The highest BCUT2D eigenvalue weighted by atomic mass is 79.9. The third kappa shape index (κ3) is 1.50. The fraction of sp³-hybridized carbons (Fsp3) is 0. The summed E-state index contributed by atoms with van der Waals surface area (Å²) in [4.78, 5) is 3.78. The first kappa shape index (κ1) is 7.43. The summed E-state index contributed by atoms with van der Waals surface area (Å²) in [6.45, 7) is 3.53. The second-order valence-corrected chi connectivity index (χ2v) is 1.19. The van der Waals surface area contributed by atoms with Gasteiger partial charge in [-0.1, -0.05) is 6.58 Å². The summed E-state index contributed by atoms with van der Waals surface area (Å²) in [7, 11) is 0. The van der Waals surface area contributed by atoms with Crippen molar-refractivity contribution >= 4 is 23.2 Å². The van der Waals surface area contributed by atoms with Gasteiger partial charge in [-0.05, 0) is 0 Å². The van der Waals surface area contributed by atoms with Gasteiger partial charge in [-0.15, -0.1) is 17.0 Å². The highest BCUT2D eigenvalue weighted by molar-refractivity contribution is 8.93. The molecule has 0 aliphatic heterocycles. The van der Waals surface area contributed by atoms with Crippen molar-refractivity contribution in [3.05, 3.63) is 25.3 Å². The van der Waals surface area contributed by atoms with E-state index in [4.69, 9.17) is 0 Å². The molecule has 0 atom stereocenters. The fourth-order valence-electron chi connectivity index (χ4n) is 0.377. The highest BCUT2D eigenvalue weighted by Gasteiger charge is 1.73. The van der Waals surface area contributed by atoms with E-state index in [0.717, 1.165) is 0 Å². The van der Waals surface area contributed by atoms with Gasteiger partial charge in [0.05, 0.1) is 6.33 Å². The van der Waals surface area contributed by atoms with Gasteiger partial charge in [-0.2, -0.15) is 0 Å². The maximum absolute atomic E-state index is 3.78. The van der Waals surface area contributed by atoms with Crippen LogP contribution in [0.5, 0.6) is 0 Å². The van der Waals surface area contributed by atoms with Crippen LogP contribution in [0.25, 0.3) is 6.20 Å². The molecule has 0 aliphatic carbocycles. The van der Waals surface area contributed by atoms with Crippen molar-refractivity contribution in [3.8, 4) is 0 Å². The normalized spacial score (nSPS) is 7.50. The first-order valence-corrected chi connectivity index (χ1v) is 2.03. The van der Waals surface area contributed by atoms with E-state index in [9.17, 15) is 0 Å². The topological polar surface area (TPSA) is 17.8 Å². The molecule has 0 amide bonds. The molecular weight excluding hydrogens is 168 g/mol. The minimum Gasteiger partial charge on any atom is -0.314 e. The van der Waals surface area contributed by atoms with Crippen LogP contribution < -0.4 is 0 Å². The number of hydrogen-bond acceptors (Lipinski definition) is 1. The molecule has 0 aliphatic rings. The predicted molar refractivity (Wildman–Crippen MR) is 38.9 cm³/mol. The smallest absolute Gasteiger partial charge is 0.0986 e. The van der Waals surface area contributed by atoms with Gasteiger partial charge in [0.1, 0.15) is 0 Å². The van der Waals surface area contributed by atoms with E-state index in [1.54, 1.807) is 23.3 Å². The second-order valence-electron chi connectivity index (χ2n) is 1.19. The summed E-state index contributed by atoms with van der Waals surface area (Å²) in [6, 6.07) is 0. The largest absolute Gasteiger partial charge is 0.314 e. The summed E-state index contributed by atoms with van der Waals surface area (Å²) >= 11 is 0. The molecular formula is C5H7BrN2. The van der Waals surface area contributed by atoms with Crippen LogP contribution >= 0.6 is 17.0 Å². The van der Waals surface area contributed by atoms with Gasteiger partial charge in [0.15, 0.2) is 0 Å². The average Bonchev–Trinajstić information content (AvgIpc) is 2.14. The van der Waals surface area contributed by atoms with Crippen LogP contribution in [0, 0.1) is 0 Å². The lowest BCUT2D eigenvalue weighted by molar-refractivity contribution is 1.14. The third-order valence-electron chi connectivity index (χ3n) is 0.736. The Kier molecular flexibility index (Phi) is 3.19. The Balaban J connectivity index is 0.000000490. The molecule has 1 rings (SSSR count). The number of hydrogen-bond donors (Lipinski definition) is 0.